The quantitative estimate of drug-likeness (QED) is 0.429. The van der Waals surface area contributed by atoms with Crippen LogP contribution in [0.5, 0.6) is 11.5 Å². The van der Waals surface area contributed by atoms with Gasteiger partial charge in [-0.2, -0.15) is 12.6 Å². The molecule has 1 atom stereocenters. The lowest BCUT2D eigenvalue weighted by molar-refractivity contribution is -0.142. The molecular formula is C22H24N2O4S. The lowest BCUT2D eigenvalue weighted by Crippen LogP contribution is -2.20. The molecule has 6 nitrogen and oxygen atoms in total. The summed E-state index contributed by atoms with van der Waals surface area (Å²) in [5, 5.41) is -0.589. The maximum atomic E-state index is 12.0. The molecule has 0 aliphatic carbocycles. The van der Waals surface area contributed by atoms with Crippen molar-refractivity contribution in [2.45, 2.75) is 18.6 Å². The first-order chi connectivity index (χ1) is 14.0. The van der Waals surface area contributed by atoms with Crippen LogP contribution in [-0.4, -0.2) is 42.0 Å². The molecule has 1 N–H and O–H groups in total. The number of aromatic nitrogens is 2. The summed E-state index contributed by atoms with van der Waals surface area (Å²) in [5.41, 5.74) is 3.54. The highest BCUT2D eigenvalue weighted by atomic mass is 32.1. The zero-order valence-corrected chi connectivity index (χ0v) is 17.5. The van der Waals surface area contributed by atoms with Crippen LogP contribution in [0.3, 0.4) is 0 Å². The summed E-state index contributed by atoms with van der Waals surface area (Å²) in [4.78, 5) is 20.1. The molecule has 0 spiro atoms. The van der Waals surface area contributed by atoms with E-state index in [1.54, 1.807) is 21.1 Å². The predicted molar refractivity (Wildman–Crippen MR) is 116 cm³/mol. The standard InChI is InChI=1S/C22H24N2O4S/c1-4-28-22(25)18(29)13-19-23-20(14-5-9-16(26-2)10-6-14)21(24-19)15-7-11-17(27-3)12-8-15/h5-12,18,29H,4,13H2,1-3H3,(H,23,24). The number of esters is 1. The Morgan fingerprint density at radius 3 is 2.07 bits per heavy atom. The van der Waals surface area contributed by atoms with E-state index in [9.17, 15) is 4.79 Å². The van der Waals surface area contributed by atoms with E-state index in [0.717, 1.165) is 34.0 Å². The van der Waals surface area contributed by atoms with Gasteiger partial charge in [0.25, 0.3) is 0 Å². The minimum absolute atomic E-state index is 0.322. The van der Waals surface area contributed by atoms with Gasteiger partial charge in [0.05, 0.1) is 32.2 Å². The van der Waals surface area contributed by atoms with Gasteiger partial charge in [-0.1, -0.05) is 0 Å². The fraction of sp³-hybridized carbons (Fsp3) is 0.273. The number of aromatic amines is 1. The summed E-state index contributed by atoms with van der Waals surface area (Å²) < 4.78 is 15.5. The number of imidazole rings is 1. The number of rotatable bonds is 8. The third-order valence-electron chi connectivity index (χ3n) is 4.44. The van der Waals surface area contributed by atoms with Crippen molar-refractivity contribution in [3.63, 3.8) is 0 Å². The van der Waals surface area contributed by atoms with Crippen LogP contribution in [0, 0.1) is 0 Å². The van der Waals surface area contributed by atoms with Crippen LogP contribution in [0.4, 0.5) is 0 Å². The first-order valence-corrected chi connectivity index (χ1v) is 9.79. The Bertz CT molecular complexity index is 887. The Morgan fingerprint density at radius 2 is 1.55 bits per heavy atom. The number of nitrogens with one attached hydrogen (secondary N) is 1. The van der Waals surface area contributed by atoms with E-state index in [-0.39, 0.29) is 5.97 Å². The van der Waals surface area contributed by atoms with E-state index in [0.29, 0.717) is 18.9 Å². The molecule has 0 saturated heterocycles. The third-order valence-corrected chi connectivity index (χ3v) is 4.83. The molecule has 29 heavy (non-hydrogen) atoms. The second-order valence-electron chi connectivity index (χ2n) is 6.34. The average Bonchev–Trinajstić information content (AvgIpc) is 3.17. The average molecular weight is 413 g/mol. The number of thiol groups is 1. The number of methoxy groups -OCH3 is 2. The van der Waals surface area contributed by atoms with Crippen LogP contribution < -0.4 is 9.47 Å². The van der Waals surface area contributed by atoms with Crippen molar-refractivity contribution in [1.82, 2.24) is 9.97 Å². The fourth-order valence-corrected chi connectivity index (χ4v) is 3.20. The monoisotopic (exact) mass is 412 g/mol. The molecule has 1 heterocycles. The van der Waals surface area contributed by atoms with E-state index in [1.165, 1.54) is 0 Å². The summed E-state index contributed by atoms with van der Waals surface area (Å²) in [5.74, 6) is 1.85. The molecular weight excluding hydrogens is 388 g/mol. The summed E-state index contributed by atoms with van der Waals surface area (Å²) in [6.45, 7) is 2.09. The molecule has 3 rings (SSSR count). The molecule has 0 fully saturated rings. The Balaban J connectivity index is 1.99. The minimum atomic E-state index is -0.589. The molecule has 0 amide bonds. The fourth-order valence-electron chi connectivity index (χ4n) is 2.95. The molecule has 3 aromatic rings. The van der Waals surface area contributed by atoms with Crippen LogP contribution in [0.2, 0.25) is 0 Å². The van der Waals surface area contributed by atoms with Gasteiger partial charge in [0.2, 0.25) is 0 Å². The number of H-pyrrole nitrogens is 1. The largest absolute Gasteiger partial charge is 0.497 e. The zero-order chi connectivity index (χ0) is 20.8. The number of carbonyl (C=O) groups is 1. The summed E-state index contributed by atoms with van der Waals surface area (Å²) in [6.07, 6.45) is 0.335. The van der Waals surface area contributed by atoms with Crippen molar-refractivity contribution in [1.29, 1.82) is 0 Å². The predicted octanol–water partition coefficient (Wildman–Crippen LogP) is 4.16. The molecule has 0 radical (unpaired) electrons. The van der Waals surface area contributed by atoms with E-state index < -0.39 is 5.25 Å². The van der Waals surface area contributed by atoms with Crippen LogP contribution in [0.1, 0.15) is 12.7 Å². The highest BCUT2D eigenvalue weighted by Gasteiger charge is 2.20. The van der Waals surface area contributed by atoms with Gasteiger partial charge in [0.15, 0.2) is 0 Å². The van der Waals surface area contributed by atoms with Gasteiger partial charge < -0.3 is 19.2 Å². The van der Waals surface area contributed by atoms with Crippen LogP contribution in [0.25, 0.3) is 22.5 Å². The number of nitrogens with zero attached hydrogens (tertiary/aromatic N) is 1. The lowest BCUT2D eigenvalue weighted by Gasteiger charge is -2.07. The van der Waals surface area contributed by atoms with Crippen LogP contribution >= 0.6 is 12.6 Å². The Hall–Kier alpha value is -2.93. The summed E-state index contributed by atoms with van der Waals surface area (Å²) >= 11 is 4.37. The van der Waals surface area contributed by atoms with E-state index >= 15 is 0 Å². The molecule has 0 aliphatic rings. The highest BCUT2D eigenvalue weighted by Crippen LogP contribution is 2.32. The number of benzene rings is 2. The molecule has 2 aromatic carbocycles. The maximum absolute atomic E-state index is 12.0. The maximum Gasteiger partial charge on any atom is 0.319 e. The van der Waals surface area contributed by atoms with Crippen LogP contribution in [-0.2, 0) is 16.0 Å². The van der Waals surface area contributed by atoms with Gasteiger partial charge in [-0.15, -0.1) is 0 Å². The van der Waals surface area contributed by atoms with Crippen molar-refractivity contribution in [3.05, 3.63) is 54.4 Å². The van der Waals surface area contributed by atoms with Gasteiger partial charge in [0.1, 0.15) is 22.6 Å². The molecule has 0 aliphatic heterocycles. The van der Waals surface area contributed by atoms with Crippen molar-refractivity contribution in [2.75, 3.05) is 20.8 Å². The first kappa shape index (κ1) is 20.8. The number of hydrogen-bond donors (Lipinski definition) is 2. The topological polar surface area (TPSA) is 73.4 Å². The van der Waals surface area contributed by atoms with Gasteiger partial charge in [-0.3, -0.25) is 4.79 Å². The molecule has 0 saturated carbocycles. The molecule has 1 unspecified atom stereocenters. The first-order valence-electron chi connectivity index (χ1n) is 9.28. The van der Waals surface area contributed by atoms with Gasteiger partial charge in [0, 0.05) is 17.5 Å². The van der Waals surface area contributed by atoms with E-state index in [2.05, 4.69) is 17.6 Å². The van der Waals surface area contributed by atoms with Gasteiger partial charge >= 0.3 is 5.97 Å². The molecule has 0 bridgehead atoms. The number of carbonyl (C=O) groups excluding carboxylic acids is 1. The van der Waals surface area contributed by atoms with Crippen molar-refractivity contribution < 1.29 is 19.0 Å². The third kappa shape index (κ3) is 4.92. The van der Waals surface area contributed by atoms with Crippen molar-refractivity contribution in [3.8, 4) is 34.0 Å². The molecule has 7 heteroatoms. The second-order valence-corrected chi connectivity index (χ2v) is 6.96. The van der Waals surface area contributed by atoms with Gasteiger partial charge in [-0.25, -0.2) is 4.98 Å². The normalized spacial score (nSPS) is 11.7. The van der Waals surface area contributed by atoms with Crippen molar-refractivity contribution in [2.24, 2.45) is 0 Å². The van der Waals surface area contributed by atoms with Gasteiger partial charge in [-0.05, 0) is 55.5 Å². The number of hydrogen-bond acceptors (Lipinski definition) is 6. The molecule has 1 aromatic heterocycles. The van der Waals surface area contributed by atoms with E-state index in [4.69, 9.17) is 19.2 Å². The summed E-state index contributed by atoms with van der Waals surface area (Å²) in [6, 6.07) is 15.4. The highest BCUT2D eigenvalue weighted by molar-refractivity contribution is 7.81. The summed E-state index contributed by atoms with van der Waals surface area (Å²) in [7, 11) is 3.26. The number of ether oxygens (including phenoxy) is 3. The Kier molecular flexibility index (Phi) is 6.82. The zero-order valence-electron chi connectivity index (χ0n) is 16.6. The van der Waals surface area contributed by atoms with E-state index in [1.807, 2.05) is 48.5 Å². The van der Waals surface area contributed by atoms with Crippen molar-refractivity contribution >= 4 is 18.6 Å². The second kappa shape index (κ2) is 9.52. The molecule has 152 valence electrons. The van der Waals surface area contributed by atoms with Crippen LogP contribution in [0.15, 0.2) is 48.5 Å². The lowest BCUT2D eigenvalue weighted by atomic mass is 10.0. The minimum Gasteiger partial charge on any atom is -0.497 e. The Labute approximate surface area is 175 Å². The Morgan fingerprint density at radius 1 is 1.00 bits per heavy atom. The smallest absolute Gasteiger partial charge is 0.319 e. The SMILES string of the molecule is CCOC(=O)C(S)Cc1nc(-c2ccc(OC)cc2)c(-c2ccc(OC)cc2)[nH]1.